The Balaban J connectivity index is 1.53. The van der Waals surface area contributed by atoms with Gasteiger partial charge in [-0.2, -0.15) is 5.26 Å². The van der Waals surface area contributed by atoms with Gasteiger partial charge in [0.1, 0.15) is 16.9 Å². The van der Waals surface area contributed by atoms with Crippen LogP contribution in [0.4, 0.5) is 19.4 Å². The number of rotatable bonds is 6. The van der Waals surface area contributed by atoms with Crippen LogP contribution in [0.2, 0.25) is 0 Å². The van der Waals surface area contributed by atoms with Crippen molar-refractivity contribution in [1.29, 1.82) is 5.26 Å². The van der Waals surface area contributed by atoms with E-state index < -0.39 is 39.4 Å². The molecule has 2 heterocycles. The molecule has 236 valence electrons. The molecule has 0 saturated heterocycles. The molecule has 2 aromatic heterocycles. The summed E-state index contributed by atoms with van der Waals surface area (Å²) in [7, 11) is -4.31. The molecule has 45 heavy (non-hydrogen) atoms. The zero-order valence-corrected chi connectivity index (χ0v) is 26.0. The van der Waals surface area contributed by atoms with Crippen LogP contribution in [0.25, 0.3) is 22.3 Å². The van der Waals surface area contributed by atoms with Crippen molar-refractivity contribution in [3.05, 3.63) is 71.6 Å². The summed E-state index contributed by atoms with van der Waals surface area (Å²) in [4.78, 5) is 20.7. The quantitative estimate of drug-likeness (QED) is 0.211. The number of fused-ring (bicyclic) bond motifs is 1. The Bertz CT molecular complexity index is 1920. The average molecular weight is 638 g/mol. The number of hydrazine groups is 1. The van der Waals surface area contributed by atoms with Gasteiger partial charge in [0.15, 0.2) is 17.5 Å². The number of carbonyl (C=O) groups is 1. The zero-order chi connectivity index (χ0) is 32.7. The smallest absolute Gasteiger partial charge is 0.407 e. The molecular formula is C31H33F2N7O4S. The number of hydrogen-bond acceptors (Lipinski definition) is 9. The number of halogens is 2. The van der Waals surface area contributed by atoms with E-state index >= 15 is 8.78 Å². The number of benzene rings is 2. The van der Waals surface area contributed by atoms with Crippen LogP contribution in [0.3, 0.4) is 0 Å². The number of nitriles is 1. The monoisotopic (exact) mass is 637 g/mol. The van der Waals surface area contributed by atoms with Gasteiger partial charge in [0.2, 0.25) is 0 Å². The van der Waals surface area contributed by atoms with Gasteiger partial charge in [0.25, 0.3) is 10.0 Å². The highest BCUT2D eigenvalue weighted by Crippen LogP contribution is 2.35. The predicted octanol–water partition coefficient (Wildman–Crippen LogP) is 5.31. The maximum Gasteiger partial charge on any atom is 0.407 e. The van der Waals surface area contributed by atoms with Gasteiger partial charge in [0.05, 0.1) is 22.7 Å². The molecule has 14 heteroatoms. The summed E-state index contributed by atoms with van der Waals surface area (Å²) < 4.78 is 64.2. The van der Waals surface area contributed by atoms with E-state index in [9.17, 15) is 18.5 Å². The number of alkyl carbamates (subject to hydrolysis) is 1. The Morgan fingerprint density at radius 2 is 1.89 bits per heavy atom. The van der Waals surface area contributed by atoms with Crippen molar-refractivity contribution >= 4 is 32.8 Å². The van der Waals surface area contributed by atoms with Gasteiger partial charge in [-0.15, -0.1) is 0 Å². The van der Waals surface area contributed by atoms with Gasteiger partial charge in [-0.1, -0.05) is 17.7 Å². The number of nitrogens with two attached hydrogens (primary N) is 1. The van der Waals surface area contributed by atoms with Gasteiger partial charge in [-0.3, -0.25) is 5.01 Å². The average Bonchev–Trinajstić information content (AvgIpc) is 3.37. The first-order chi connectivity index (χ1) is 21.2. The van der Waals surface area contributed by atoms with Crippen LogP contribution in [0.5, 0.6) is 0 Å². The molecule has 1 amide bonds. The van der Waals surface area contributed by atoms with Crippen LogP contribution in [0, 0.1) is 29.9 Å². The summed E-state index contributed by atoms with van der Waals surface area (Å²) >= 11 is 0. The first kappa shape index (κ1) is 31.8. The van der Waals surface area contributed by atoms with Gasteiger partial charge >= 0.3 is 6.09 Å². The van der Waals surface area contributed by atoms with Gasteiger partial charge in [0, 0.05) is 29.2 Å². The fourth-order valence-corrected chi connectivity index (χ4v) is 6.78. The number of hydrogen-bond donors (Lipinski definition) is 2. The van der Waals surface area contributed by atoms with E-state index in [2.05, 4.69) is 15.3 Å². The van der Waals surface area contributed by atoms with Crippen LogP contribution >= 0.6 is 0 Å². The normalized spacial score (nSPS) is 17.1. The number of nitrogens with one attached hydrogen (secondary N) is 1. The molecule has 0 unspecified atom stereocenters. The summed E-state index contributed by atoms with van der Waals surface area (Å²) in [6.45, 7) is 7.09. The van der Waals surface area contributed by atoms with Gasteiger partial charge in [-0.05, 0) is 77.6 Å². The molecule has 1 fully saturated rings. The lowest BCUT2D eigenvalue weighted by Crippen LogP contribution is -2.50. The van der Waals surface area contributed by atoms with Crippen LogP contribution < -0.4 is 16.2 Å². The molecule has 4 aromatic rings. The molecule has 1 aliphatic rings. The fourth-order valence-electron chi connectivity index (χ4n) is 5.40. The highest BCUT2D eigenvalue weighted by molar-refractivity contribution is 7.90. The molecular weight excluding hydrogens is 604 g/mol. The first-order valence-electron chi connectivity index (χ1n) is 14.3. The van der Waals surface area contributed by atoms with Crippen molar-refractivity contribution in [2.24, 2.45) is 5.84 Å². The summed E-state index contributed by atoms with van der Waals surface area (Å²) in [6, 6.07) is 9.51. The van der Waals surface area contributed by atoms with Crippen LogP contribution in [-0.2, 0) is 14.8 Å². The van der Waals surface area contributed by atoms with E-state index in [0.29, 0.717) is 25.7 Å². The number of carbonyl (C=O) groups excluding carboxylic acids is 1. The molecule has 3 N–H and O–H groups in total. The van der Waals surface area contributed by atoms with E-state index in [1.54, 1.807) is 39.8 Å². The highest BCUT2D eigenvalue weighted by Gasteiger charge is 2.31. The lowest BCUT2D eigenvalue weighted by atomic mass is 9.90. The van der Waals surface area contributed by atoms with Crippen molar-refractivity contribution in [1.82, 2.24) is 19.3 Å². The Kier molecular flexibility index (Phi) is 8.52. The molecule has 5 rings (SSSR count). The number of aryl methyl sites for hydroxylation is 1. The van der Waals surface area contributed by atoms with Crippen molar-refractivity contribution in [3.8, 4) is 17.5 Å². The Hall–Kier alpha value is -4.61. The second-order valence-corrected chi connectivity index (χ2v) is 13.9. The number of anilines is 1. The minimum Gasteiger partial charge on any atom is -0.444 e. The standard InChI is InChI=1S/C31H33F2N7O4S/c1-18-8-10-22(11-9-18)45(42,43)39-17-24(23-12-19(15-34)13-25(32)27(23)39)28-36-16-26(33)29(38-28)40(35)21-7-5-6-20(14-21)37-30(41)44-31(2,3)4/h8-13,16-17,20-21H,5-7,14,35H2,1-4H3,(H,37,41)/t20-,21+/m1/s1. The Morgan fingerprint density at radius 1 is 1.18 bits per heavy atom. The van der Waals surface area contributed by atoms with Crippen molar-refractivity contribution in [3.63, 3.8) is 0 Å². The third-order valence-electron chi connectivity index (χ3n) is 7.50. The van der Waals surface area contributed by atoms with E-state index in [0.717, 1.165) is 28.0 Å². The summed E-state index contributed by atoms with van der Waals surface area (Å²) in [5, 5.41) is 13.6. The highest BCUT2D eigenvalue weighted by atomic mass is 32.2. The minimum absolute atomic E-state index is 0.0441. The first-order valence-corrected chi connectivity index (χ1v) is 15.7. The van der Waals surface area contributed by atoms with Crippen LogP contribution in [-0.4, -0.2) is 46.1 Å². The summed E-state index contributed by atoms with van der Waals surface area (Å²) in [5.41, 5.74) is -0.148. The molecule has 0 radical (unpaired) electrons. The van der Waals surface area contributed by atoms with Crippen molar-refractivity contribution in [2.45, 2.75) is 76.0 Å². The molecule has 1 aliphatic carbocycles. The Labute approximate surface area is 259 Å². The van der Waals surface area contributed by atoms with Crippen molar-refractivity contribution < 1.29 is 26.7 Å². The summed E-state index contributed by atoms with van der Waals surface area (Å²) in [6.07, 6.45) is 3.85. The zero-order valence-electron chi connectivity index (χ0n) is 25.2. The lowest BCUT2D eigenvalue weighted by Gasteiger charge is -2.36. The van der Waals surface area contributed by atoms with E-state index in [-0.39, 0.29) is 44.6 Å². The number of aromatic nitrogens is 3. The van der Waals surface area contributed by atoms with E-state index in [4.69, 9.17) is 10.6 Å². The maximum absolute atomic E-state index is 15.5. The molecule has 0 spiro atoms. The third-order valence-corrected chi connectivity index (χ3v) is 9.17. The number of ether oxygens (including phenoxy) is 1. The number of amides is 1. The van der Waals surface area contributed by atoms with Crippen molar-refractivity contribution in [2.75, 3.05) is 5.01 Å². The van der Waals surface area contributed by atoms with E-state index in [1.807, 2.05) is 6.07 Å². The third kappa shape index (κ3) is 6.59. The molecule has 2 atom stereocenters. The molecule has 0 bridgehead atoms. The maximum atomic E-state index is 15.5. The lowest BCUT2D eigenvalue weighted by molar-refractivity contribution is 0.0490. The molecule has 0 aliphatic heterocycles. The van der Waals surface area contributed by atoms with Gasteiger partial charge < -0.3 is 10.1 Å². The SMILES string of the molecule is Cc1ccc(S(=O)(=O)n2cc(-c3ncc(F)c(N(N)[C@H]4CCC[C@@H](NC(=O)OC(C)(C)C)C4)n3)c3cc(C#N)cc(F)c32)cc1. The number of nitrogens with zero attached hydrogens (tertiary/aromatic N) is 5. The topological polar surface area (TPSA) is 156 Å². The van der Waals surface area contributed by atoms with Crippen LogP contribution in [0.1, 0.15) is 57.6 Å². The predicted molar refractivity (Wildman–Crippen MR) is 163 cm³/mol. The molecule has 11 nitrogen and oxygen atoms in total. The molecule has 1 saturated carbocycles. The largest absolute Gasteiger partial charge is 0.444 e. The summed E-state index contributed by atoms with van der Waals surface area (Å²) in [5.74, 6) is 4.25. The molecule has 2 aromatic carbocycles. The fraction of sp³-hybridized carbons (Fsp3) is 0.355. The van der Waals surface area contributed by atoms with E-state index in [1.165, 1.54) is 23.2 Å². The second kappa shape index (κ2) is 12.1. The minimum atomic E-state index is -4.31. The Morgan fingerprint density at radius 3 is 2.56 bits per heavy atom. The second-order valence-electron chi connectivity index (χ2n) is 12.1. The van der Waals surface area contributed by atoms with Crippen LogP contribution in [0.15, 0.2) is 53.7 Å². The van der Waals surface area contributed by atoms with Gasteiger partial charge in [-0.25, -0.2) is 41.8 Å².